The molecule has 1 aromatic heterocycles. The molecule has 0 saturated heterocycles. The molecule has 0 aliphatic heterocycles. The number of rotatable bonds is 7. The first kappa shape index (κ1) is 15.0. The summed E-state index contributed by atoms with van der Waals surface area (Å²) in [4.78, 5) is 0. The number of hydrogen-bond donors (Lipinski definition) is 2. The van der Waals surface area contributed by atoms with Crippen LogP contribution in [0.1, 0.15) is 0 Å². The van der Waals surface area contributed by atoms with E-state index in [0.29, 0.717) is 12.4 Å². The molecule has 1 aromatic carbocycles. The predicted octanol–water partition coefficient (Wildman–Crippen LogP) is 2.16. The Hall–Kier alpha value is -1.38. The normalized spacial score (nSPS) is 11.9. The van der Waals surface area contributed by atoms with E-state index in [1.165, 1.54) is 6.20 Å². The Morgan fingerprint density at radius 3 is 3.05 bits per heavy atom. The summed E-state index contributed by atoms with van der Waals surface area (Å²) in [6, 6.07) is 5.58. The monoisotopic (exact) mass is 359 g/mol. The number of ether oxygens (including phenoxy) is 2. The zero-order valence-corrected chi connectivity index (χ0v) is 13.1. The molecule has 20 heavy (non-hydrogen) atoms. The number of nitrogens with one attached hydrogen (secondary N) is 1. The van der Waals surface area contributed by atoms with Gasteiger partial charge in [0.15, 0.2) is 0 Å². The molecule has 8 heteroatoms. The lowest BCUT2D eigenvalue weighted by atomic mass is 10.3. The molecule has 0 saturated carbocycles. The standard InChI is InChI=1S/C12H14BrN3O3S/c1-18-9-2-3-10(13)11(4-9)14-5-8(17)7-19-12-6-15-20-16-12/h2-4,6,8,14,17H,5,7H2,1H3. The molecule has 0 aliphatic rings. The summed E-state index contributed by atoms with van der Waals surface area (Å²) in [5, 5.41) is 13.0. The van der Waals surface area contributed by atoms with Gasteiger partial charge in [-0.25, -0.2) is 0 Å². The summed E-state index contributed by atoms with van der Waals surface area (Å²) in [7, 11) is 1.61. The van der Waals surface area contributed by atoms with Gasteiger partial charge in [0.1, 0.15) is 24.7 Å². The van der Waals surface area contributed by atoms with E-state index in [1.807, 2.05) is 18.2 Å². The maximum absolute atomic E-state index is 9.85. The molecule has 108 valence electrons. The number of anilines is 1. The fourth-order valence-electron chi connectivity index (χ4n) is 1.45. The van der Waals surface area contributed by atoms with Crippen molar-refractivity contribution in [2.75, 3.05) is 25.6 Å². The van der Waals surface area contributed by atoms with Crippen molar-refractivity contribution in [3.8, 4) is 11.6 Å². The molecule has 0 bridgehead atoms. The first-order valence-electron chi connectivity index (χ1n) is 5.85. The van der Waals surface area contributed by atoms with Crippen LogP contribution >= 0.6 is 27.7 Å². The summed E-state index contributed by atoms with van der Waals surface area (Å²) in [6.07, 6.45) is 0.860. The summed E-state index contributed by atoms with van der Waals surface area (Å²) in [5.74, 6) is 1.17. The largest absolute Gasteiger partial charge is 0.497 e. The van der Waals surface area contributed by atoms with Crippen molar-refractivity contribution < 1.29 is 14.6 Å². The maximum atomic E-state index is 9.85. The van der Waals surface area contributed by atoms with Crippen LogP contribution in [0.3, 0.4) is 0 Å². The number of halogens is 1. The number of aromatic nitrogens is 2. The zero-order valence-electron chi connectivity index (χ0n) is 10.7. The predicted molar refractivity (Wildman–Crippen MR) is 80.6 cm³/mol. The van der Waals surface area contributed by atoms with Crippen LogP contribution in [0.5, 0.6) is 11.6 Å². The minimum atomic E-state index is -0.658. The second kappa shape index (κ2) is 7.41. The Bertz CT molecular complexity index is 539. The molecule has 0 aliphatic carbocycles. The van der Waals surface area contributed by atoms with E-state index in [1.54, 1.807) is 7.11 Å². The van der Waals surface area contributed by atoms with Crippen molar-refractivity contribution in [1.29, 1.82) is 0 Å². The zero-order chi connectivity index (χ0) is 14.4. The quantitative estimate of drug-likeness (QED) is 0.788. The molecule has 0 spiro atoms. The van der Waals surface area contributed by atoms with E-state index in [-0.39, 0.29) is 6.61 Å². The topological polar surface area (TPSA) is 76.5 Å². The van der Waals surface area contributed by atoms with Crippen molar-refractivity contribution in [3.63, 3.8) is 0 Å². The molecule has 0 amide bonds. The Balaban J connectivity index is 1.82. The third-order valence-corrected chi connectivity index (χ3v) is 3.62. The third kappa shape index (κ3) is 4.32. The van der Waals surface area contributed by atoms with Crippen LogP contribution in [-0.2, 0) is 0 Å². The average Bonchev–Trinajstić information content (AvgIpc) is 2.97. The lowest BCUT2D eigenvalue weighted by molar-refractivity contribution is 0.115. The minimum Gasteiger partial charge on any atom is -0.497 e. The summed E-state index contributed by atoms with van der Waals surface area (Å²) in [6.45, 7) is 0.503. The third-order valence-electron chi connectivity index (χ3n) is 2.47. The minimum absolute atomic E-state index is 0.153. The Morgan fingerprint density at radius 1 is 1.50 bits per heavy atom. The van der Waals surface area contributed by atoms with Gasteiger partial charge in [-0.05, 0) is 28.1 Å². The van der Waals surface area contributed by atoms with Crippen molar-refractivity contribution >= 4 is 33.3 Å². The van der Waals surface area contributed by atoms with E-state index in [0.717, 1.165) is 27.6 Å². The molecule has 1 heterocycles. The SMILES string of the molecule is COc1ccc(Br)c(NCC(O)COc2cnsn2)c1. The number of aliphatic hydroxyl groups is 1. The van der Waals surface area contributed by atoms with Gasteiger partial charge < -0.3 is 19.9 Å². The van der Waals surface area contributed by atoms with E-state index in [4.69, 9.17) is 9.47 Å². The second-order valence-corrected chi connectivity index (χ2v) is 5.35. The molecular weight excluding hydrogens is 346 g/mol. The number of hydrogen-bond acceptors (Lipinski definition) is 7. The molecule has 0 radical (unpaired) electrons. The molecular formula is C12H14BrN3O3S. The van der Waals surface area contributed by atoms with Gasteiger partial charge in [0.25, 0.3) is 0 Å². The Labute approximate surface area is 129 Å². The molecule has 0 fully saturated rings. The average molecular weight is 360 g/mol. The van der Waals surface area contributed by atoms with Gasteiger partial charge in [0, 0.05) is 17.1 Å². The number of methoxy groups -OCH3 is 1. The molecule has 2 aromatic rings. The summed E-state index contributed by atoms with van der Waals surface area (Å²) >= 11 is 4.50. The highest BCUT2D eigenvalue weighted by Crippen LogP contribution is 2.26. The van der Waals surface area contributed by atoms with Crippen LogP contribution in [0.25, 0.3) is 0 Å². The van der Waals surface area contributed by atoms with Crippen LogP contribution in [0.2, 0.25) is 0 Å². The molecule has 2 rings (SSSR count). The number of benzene rings is 1. The Morgan fingerprint density at radius 2 is 2.35 bits per heavy atom. The van der Waals surface area contributed by atoms with Crippen LogP contribution in [0, 0.1) is 0 Å². The van der Waals surface area contributed by atoms with Gasteiger partial charge in [-0.3, -0.25) is 0 Å². The van der Waals surface area contributed by atoms with Gasteiger partial charge in [0.2, 0.25) is 5.88 Å². The van der Waals surface area contributed by atoms with Crippen molar-refractivity contribution in [2.45, 2.75) is 6.10 Å². The lowest BCUT2D eigenvalue weighted by Gasteiger charge is -2.14. The van der Waals surface area contributed by atoms with Gasteiger partial charge in [-0.2, -0.15) is 4.37 Å². The Kier molecular flexibility index (Phi) is 5.57. The maximum Gasteiger partial charge on any atom is 0.245 e. The van der Waals surface area contributed by atoms with Crippen molar-refractivity contribution in [1.82, 2.24) is 8.75 Å². The van der Waals surface area contributed by atoms with Gasteiger partial charge in [-0.1, -0.05) is 0 Å². The van der Waals surface area contributed by atoms with E-state index < -0.39 is 6.10 Å². The molecule has 1 unspecified atom stereocenters. The van der Waals surface area contributed by atoms with Gasteiger partial charge in [0.05, 0.1) is 24.5 Å². The second-order valence-electron chi connectivity index (χ2n) is 3.94. The van der Waals surface area contributed by atoms with Crippen molar-refractivity contribution in [2.24, 2.45) is 0 Å². The van der Waals surface area contributed by atoms with Crippen LogP contribution in [0.15, 0.2) is 28.9 Å². The van der Waals surface area contributed by atoms with Crippen LogP contribution in [-0.4, -0.2) is 40.2 Å². The highest BCUT2D eigenvalue weighted by Gasteiger charge is 2.08. The fraction of sp³-hybridized carbons (Fsp3) is 0.333. The highest BCUT2D eigenvalue weighted by atomic mass is 79.9. The summed E-state index contributed by atoms with van der Waals surface area (Å²) < 4.78 is 19.0. The molecule has 2 N–H and O–H groups in total. The lowest BCUT2D eigenvalue weighted by Crippen LogP contribution is -2.26. The first-order valence-corrected chi connectivity index (χ1v) is 7.37. The number of aliphatic hydroxyl groups excluding tert-OH is 1. The first-order chi connectivity index (χ1) is 9.69. The fourth-order valence-corrected chi connectivity index (χ4v) is 2.21. The van der Waals surface area contributed by atoms with E-state index in [2.05, 4.69) is 30.0 Å². The van der Waals surface area contributed by atoms with Gasteiger partial charge >= 0.3 is 0 Å². The highest BCUT2D eigenvalue weighted by molar-refractivity contribution is 9.10. The van der Waals surface area contributed by atoms with Crippen LogP contribution in [0.4, 0.5) is 5.69 Å². The van der Waals surface area contributed by atoms with Crippen LogP contribution < -0.4 is 14.8 Å². The number of nitrogens with zero attached hydrogens (tertiary/aromatic N) is 2. The molecule has 6 nitrogen and oxygen atoms in total. The summed E-state index contributed by atoms with van der Waals surface area (Å²) in [5.41, 5.74) is 0.846. The molecule has 1 atom stereocenters. The van der Waals surface area contributed by atoms with E-state index in [9.17, 15) is 5.11 Å². The van der Waals surface area contributed by atoms with Crippen molar-refractivity contribution in [3.05, 3.63) is 28.9 Å². The smallest absolute Gasteiger partial charge is 0.245 e. The van der Waals surface area contributed by atoms with E-state index >= 15 is 0 Å². The van der Waals surface area contributed by atoms with Gasteiger partial charge in [-0.15, -0.1) is 4.37 Å².